The SMILES string of the molecule is C=Cc1c(C)c2cc3nc(c(C(=O)NCCCCCCC)c4nc(cc5[nH]c(cc1[nH]2)c(C)c5CC)C(C)=C4C(=O)OC)[C@@H](CCC(=O)OC)[C@@H]3C. The summed E-state index contributed by atoms with van der Waals surface area (Å²) < 4.78 is 10.3. The zero-order chi connectivity index (χ0) is 37.7. The standard InChI is InChI=1S/C42H53N5O5/c1-10-13-14-15-16-19-43-41(49)38-39-29(17-18-36(48)51-8)25(6)32(46-39)20-30-23(4)27(11-2)34(44-30)21-31-24(5)28(12-3)35(45-31)22-33-26(7)37(40(38)47-33)42(50)52-9/h11,20-22,25,29,44-45H,2,10,12-19H2,1,3-9H3,(H,43,49)/t25-,29-/m0/s1. The van der Waals surface area contributed by atoms with Gasteiger partial charge in [-0.05, 0) is 80.5 Å². The molecule has 52 heavy (non-hydrogen) atoms. The number of carbonyl (C=O) groups excluding carboxylic acids is 3. The Morgan fingerprint density at radius 1 is 0.904 bits per heavy atom. The van der Waals surface area contributed by atoms with Crippen LogP contribution >= 0.6 is 0 Å². The zero-order valence-electron chi connectivity index (χ0n) is 32.0. The van der Waals surface area contributed by atoms with Crippen molar-refractivity contribution in [3.05, 3.63) is 75.4 Å². The third-order valence-corrected chi connectivity index (χ3v) is 10.7. The van der Waals surface area contributed by atoms with E-state index in [2.05, 4.69) is 62.5 Å². The molecule has 0 spiro atoms. The molecule has 5 heterocycles. The summed E-state index contributed by atoms with van der Waals surface area (Å²) >= 11 is 0. The number of aromatic nitrogens is 4. The molecule has 8 bridgehead atoms. The first-order valence-electron chi connectivity index (χ1n) is 18.5. The summed E-state index contributed by atoms with van der Waals surface area (Å²) in [5.41, 5.74) is 10.9. The van der Waals surface area contributed by atoms with E-state index in [1.54, 1.807) is 0 Å². The number of nitrogens with one attached hydrogen (secondary N) is 3. The van der Waals surface area contributed by atoms with Gasteiger partial charge >= 0.3 is 11.9 Å². The molecule has 0 fully saturated rings. The molecule has 10 heteroatoms. The molecule has 0 radical (unpaired) electrons. The van der Waals surface area contributed by atoms with E-state index in [0.717, 1.165) is 88.5 Å². The van der Waals surface area contributed by atoms with Gasteiger partial charge in [-0.2, -0.15) is 0 Å². The largest absolute Gasteiger partial charge is 0.469 e. The van der Waals surface area contributed by atoms with Crippen LogP contribution in [-0.4, -0.2) is 58.5 Å². The van der Waals surface area contributed by atoms with Crippen LogP contribution in [0, 0.1) is 13.8 Å². The number of fused-ring (bicyclic) bond motifs is 8. The molecule has 0 aliphatic carbocycles. The van der Waals surface area contributed by atoms with E-state index < -0.39 is 5.97 Å². The van der Waals surface area contributed by atoms with Crippen LogP contribution < -0.4 is 5.32 Å². The van der Waals surface area contributed by atoms with E-state index in [-0.39, 0.29) is 47.0 Å². The van der Waals surface area contributed by atoms with Crippen LogP contribution in [0.5, 0.6) is 0 Å². The van der Waals surface area contributed by atoms with Gasteiger partial charge in [-0.1, -0.05) is 59.1 Å². The summed E-state index contributed by atoms with van der Waals surface area (Å²) in [6.07, 6.45) is 8.32. The number of hydrogen-bond acceptors (Lipinski definition) is 7. The van der Waals surface area contributed by atoms with E-state index in [0.29, 0.717) is 29.9 Å². The van der Waals surface area contributed by atoms with Gasteiger partial charge in [-0.15, -0.1) is 0 Å². The fourth-order valence-corrected chi connectivity index (χ4v) is 7.54. The first-order chi connectivity index (χ1) is 25.0. The van der Waals surface area contributed by atoms with E-state index in [9.17, 15) is 14.4 Å². The highest BCUT2D eigenvalue weighted by Gasteiger charge is 2.37. The normalized spacial score (nSPS) is 15.5. The van der Waals surface area contributed by atoms with Crippen LogP contribution in [0.1, 0.15) is 140 Å². The zero-order valence-corrected chi connectivity index (χ0v) is 32.0. The lowest BCUT2D eigenvalue weighted by molar-refractivity contribution is -0.140. The van der Waals surface area contributed by atoms with Gasteiger partial charge in [0, 0.05) is 58.1 Å². The summed E-state index contributed by atoms with van der Waals surface area (Å²) in [6, 6.07) is 6.07. The van der Waals surface area contributed by atoms with Crippen LogP contribution in [0.15, 0.2) is 24.8 Å². The second-order valence-corrected chi connectivity index (χ2v) is 13.9. The number of esters is 2. The number of nitrogens with zero attached hydrogens (tertiary/aromatic N) is 2. The number of allylic oxidation sites excluding steroid dienone is 1. The van der Waals surface area contributed by atoms with Gasteiger partial charge < -0.3 is 24.8 Å². The van der Waals surface area contributed by atoms with Crippen LogP contribution in [0.3, 0.4) is 0 Å². The smallest absolute Gasteiger partial charge is 0.340 e. The van der Waals surface area contributed by atoms with Gasteiger partial charge in [0.05, 0.1) is 42.4 Å². The average Bonchev–Trinajstić information content (AvgIpc) is 3.81. The average molecular weight is 708 g/mol. The predicted octanol–water partition coefficient (Wildman–Crippen LogP) is 8.78. The first kappa shape index (κ1) is 38.2. The molecule has 0 saturated carbocycles. The molecule has 2 atom stereocenters. The Kier molecular flexibility index (Phi) is 12.2. The molecular weight excluding hydrogens is 654 g/mol. The molecule has 276 valence electrons. The Morgan fingerprint density at radius 3 is 2.29 bits per heavy atom. The molecule has 3 aromatic rings. The van der Waals surface area contributed by atoms with Gasteiger partial charge in [-0.25, -0.2) is 9.78 Å². The van der Waals surface area contributed by atoms with Gasteiger partial charge in [0.1, 0.15) is 0 Å². The maximum atomic E-state index is 14.6. The molecule has 2 aliphatic rings. The Balaban J connectivity index is 1.92. The van der Waals surface area contributed by atoms with E-state index in [4.69, 9.17) is 19.4 Å². The highest BCUT2D eigenvalue weighted by atomic mass is 16.5. The van der Waals surface area contributed by atoms with Crippen molar-refractivity contribution in [3.63, 3.8) is 0 Å². The molecule has 0 saturated heterocycles. The Labute approximate surface area is 306 Å². The Hall–Kier alpha value is -4.99. The van der Waals surface area contributed by atoms with Crippen molar-refractivity contribution in [3.8, 4) is 0 Å². The van der Waals surface area contributed by atoms with Crippen molar-refractivity contribution in [2.24, 2.45) is 0 Å². The number of ether oxygens (including phenoxy) is 2. The van der Waals surface area contributed by atoms with Crippen molar-refractivity contribution >= 4 is 57.1 Å². The lowest BCUT2D eigenvalue weighted by Crippen LogP contribution is -2.28. The van der Waals surface area contributed by atoms with E-state index in [1.165, 1.54) is 14.2 Å². The minimum Gasteiger partial charge on any atom is -0.469 e. The monoisotopic (exact) mass is 707 g/mol. The quantitative estimate of drug-likeness (QED) is 0.119. The minimum atomic E-state index is -0.588. The van der Waals surface area contributed by atoms with Crippen molar-refractivity contribution in [2.45, 2.75) is 105 Å². The van der Waals surface area contributed by atoms with Crippen molar-refractivity contribution in [1.29, 1.82) is 0 Å². The molecule has 0 aromatic carbocycles. The topological polar surface area (TPSA) is 139 Å². The van der Waals surface area contributed by atoms with Crippen molar-refractivity contribution < 1.29 is 23.9 Å². The second kappa shape index (κ2) is 16.6. The maximum absolute atomic E-state index is 14.6. The maximum Gasteiger partial charge on any atom is 0.340 e. The van der Waals surface area contributed by atoms with Crippen molar-refractivity contribution in [2.75, 3.05) is 20.8 Å². The fraction of sp³-hybridized carbons (Fsp3) is 0.452. The van der Waals surface area contributed by atoms with E-state index >= 15 is 0 Å². The number of H-pyrrole nitrogens is 2. The number of rotatable bonds is 13. The third kappa shape index (κ3) is 7.47. The molecule has 10 nitrogen and oxygen atoms in total. The highest BCUT2D eigenvalue weighted by Crippen LogP contribution is 2.44. The summed E-state index contributed by atoms with van der Waals surface area (Å²) in [4.78, 5) is 58.2. The predicted molar refractivity (Wildman–Crippen MR) is 208 cm³/mol. The fourth-order valence-electron chi connectivity index (χ4n) is 7.54. The third-order valence-electron chi connectivity index (χ3n) is 10.7. The van der Waals surface area contributed by atoms with Gasteiger partial charge in [-0.3, -0.25) is 14.6 Å². The van der Waals surface area contributed by atoms with Crippen molar-refractivity contribution in [1.82, 2.24) is 25.3 Å². The Morgan fingerprint density at radius 2 is 1.62 bits per heavy atom. The summed E-state index contributed by atoms with van der Waals surface area (Å²) in [7, 11) is 2.70. The lowest BCUT2D eigenvalue weighted by Gasteiger charge is -2.18. The number of unbranched alkanes of at least 4 members (excludes halogenated alkanes) is 4. The van der Waals surface area contributed by atoms with Crippen LogP contribution in [-0.2, 0) is 25.5 Å². The number of aryl methyl sites for hydroxylation is 3. The van der Waals surface area contributed by atoms with Gasteiger partial charge in [0.25, 0.3) is 5.91 Å². The van der Waals surface area contributed by atoms with Crippen LogP contribution in [0.2, 0.25) is 0 Å². The summed E-state index contributed by atoms with van der Waals surface area (Å²) in [5.74, 6) is -1.83. The summed E-state index contributed by atoms with van der Waals surface area (Å²) in [6.45, 7) is 16.9. The molecule has 0 unspecified atom stereocenters. The van der Waals surface area contributed by atoms with Gasteiger partial charge in [0.2, 0.25) is 0 Å². The Bertz CT molecular complexity index is 2090. The lowest BCUT2D eigenvalue weighted by atomic mass is 9.85. The highest BCUT2D eigenvalue weighted by molar-refractivity contribution is 6.27. The van der Waals surface area contributed by atoms with E-state index in [1.807, 2.05) is 25.1 Å². The number of methoxy groups -OCH3 is 2. The molecule has 3 aromatic heterocycles. The van der Waals surface area contributed by atoms with Crippen LogP contribution in [0.25, 0.3) is 39.3 Å². The number of carbonyl (C=O) groups is 3. The summed E-state index contributed by atoms with van der Waals surface area (Å²) in [5, 5.41) is 3.13. The van der Waals surface area contributed by atoms with Crippen LogP contribution in [0.4, 0.5) is 0 Å². The second-order valence-electron chi connectivity index (χ2n) is 13.9. The number of aromatic amines is 2. The molecular formula is C42H53N5O5. The number of amides is 1. The first-order valence-corrected chi connectivity index (χ1v) is 18.5. The molecule has 1 amide bonds. The minimum absolute atomic E-state index is 0.135. The number of hydrogen-bond donors (Lipinski definition) is 3. The molecule has 2 aliphatic heterocycles. The molecule has 5 rings (SSSR count). The molecule has 3 N–H and O–H groups in total. The van der Waals surface area contributed by atoms with Gasteiger partial charge in [0.15, 0.2) is 0 Å².